The maximum atomic E-state index is 6.18. The number of rotatable bonds is 3. The molecule has 0 saturated carbocycles. The summed E-state index contributed by atoms with van der Waals surface area (Å²) in [5.74, 6) is 0. The molecule has 0 aliphatic heterocycles. The van der Waals surface area contributed by atoms with Crippen molar-refractivity contribution in [3.8, 4) is 0 Å². The molecule has 2 nitrogen and oxygen atoms in total. The van der Waals surface area contributed by atoms with Crippen molar-refractivity contribution in [2.75, 3.05) is 5.32 Å². The van der Waals surface area contributed by atoms with Gasteiger partial charge in [0, 0.05) is 10.7 Å². The van der Waals surface area contributed by atoms with Gasteiger partial charge in [0.05, 0.1) is 6.04 Å². The summed E-state index contributed by atoms with van der Waals surface area (Å²) in [6.07, 6.45) is 0. The molecule has 2 aromatic carbocycles. The number of para-hydroxylation sites is 1. The van der Waals surface area contributed by atoms with Gasteiger partial charge < -0.3 is 10.6 Å². The highest BCUT2D eigenvalue weighted by atomic mass is 35.5. The summed E-state index contributed by atoms with van der Waals surface area (Å²) in [6, 6.07) is 15.8. The van der Waals surface area contributed by atoms with Crippen LogP contribution in [0.15, 0.2) is 48.5 Å². The third-order valence-corrected chi connectivity index (χ3v) is 3.68. The van der Waals surface area contributed by atoms with Gasteiger partial charge in [-0.3, -0.25) is 0 Å². The molecule has 0 unspecified atom stereocenters. The maximum Gasteiger partial charge on any atom is 0.171 e. The number of benzene rings is 2. The molecule has 0 aliphatic carbocycles. The predicted octanol–water partition coefficient (Wildman–Crippen LogP) is 4.70. The summed E-state index contributed by atoms with van der Waals surface area (Å²) < 4.78 is 0. The average Bonchev–Trinajstić information content (AvgIpc) is 2.41. The SMILES string of the molecule is Cc1ccccc1NC(=S)N[C@@H](C)c1ccccc1Cl. The normalized spacial score (nSPS) is 11.8. The highest BCUT2D eigenvalue weighted by molar-refractivity contribution is 7.80. The Hall–Kier alpha value is -1.58. The van der Waals surface area contributed by atoms with Gasteiger partial charge in [0.15, 0.2) is 5.11 Å². The molecule has 2 aromatic rings. The van der Waals surface area contributed by atoms with Crippen LogP contribution in [0.4, 0.5) is 5.69 Å². The molecule has 2 N–H and O–H groups in total. The van der Waals surface area contributed by atoms with E-state index in [1.807, 2.05) is 62.4 Å². The quantitative estimate of drug-likeness (QED) is 0.804. The van der Waals surface area contributed by atoms with Crippen LogP contribution in [0.25, 0.3) is 0 Å². The second kappa shape index (κ2) is 6.73. The number of thiocarbonyl (C=S) groups is 1. The van der Waals surface area contributed by atoms with Crippen LogP contribution in [0.3, 0.4) is 0 Å². The van der Waals surface area contributed by atoms with Gasteiger partial charge in [-0.1, -0.05) is 48.0 Å². The van der Waals surface area contributed by atoms with Crippen molar-refractivity contribution in [2.24, 2.45) is 0 Å². The first-order chi connectivity index (χ1) is 9.58. The number of aryl methyl sites for hydroxylation is 1. The van der Waals surface area contributed by atoms with E-state index in [0.29, 0.717) is 5.11 Å². The molecule has 2 rings (SSSR count). The van der Waals surface area contributed by atoms with Gasteiger partial charge in [0.25, 0.3) is 0 Å². The molecule has 0 amide bonds. The van der Waals surface area contributed by atoms with Gasteiger partial charge in [-0.05, 0) is 49.3 Å². The van der Waals surface area contributed by atoms with Crippen LogP contribution in [0.1, 0.15) is 24.1 Å². The molecule has 0 fully saturated rings. The van der Waals surface area contributed by atoms with Crippen molar-refractivity contribution in [3.63, 3.8) is 0 Å². The molecule has 0 bridgehead atoms. The summed E-state index contributed by atoms with van der Waals surface area (Å²) in [5.41, 5.74) is 3.20. The van der Waals surface area contributed by atoms with Crippen LogP contribution in [-0.4, -0.2) is 5.11 Å². The molecule has 104 valence electrons. The largest absolute Gasteiger partial charge is 0.356 e. The van der Waals surface area contributed by atoms with Crippen LogP contribution in [0, 0.1) is 6.92 Å². The molecule has 0 saturated heterocycles. The molecule has 0 heterocycles. The van der Waals surface area contributed by atoms with Crippen LogP contribution >= 0.6 is 23.8 Å². The Morgan fingerprint density at radius 1 is 1.10 bits per heavy atom. The first-order valence-electron chi connectivity index (χ1n) is 6.45. The van der Waals surface area contributed by atoms with Crippen molar-refractivity contribution < 1.29 is 0 Å². The highest BCUT2D eigenvalue weighted by Crippen LogP contribution is 2.22. The van der Waals surface area contributed by atoms with Gasteiger partial charge in [0.1, 0.15) is 0 Å². The van der Waals surface area contributed by atoms with Gasteiger partial charge in [-0.15, -0.1) is 0 Å². The summed E-state index contributed by atoms with van der Waals surface area (Å²) in [7, 11) is 0. The zero-order valence-electron chi connectivity index (χ0n) is 11.5. The van der Waals surface area contributed by atoms with E-state index in [4.69, 9.17) is 23.8 Å². The van der Waals surface area contributed by atoms with Gasteiger partial charge in [-0.25, -0.2) is 0 Å². The minimum atomic E-state index is 0.0488. The summed E-state index contributed by atoms with van der Waals surface area (Å²) in [5, 5.41) is 7.79. The second-order valence-corrected chi connectivity index (χ2v) is 5.47. The fourth-order valence-corrected chi connectivity index (χ4v) is 2.56. The van der Waals surface area contributed by atoms with Crippen molar-refractivity contribution in [3.05, 3.63) is 64.7 Å². The monoisotopic (exact) mass is 304 g/mol. The lowest BCUT2D eigenvalue weighted by molar-refractivity contribution is 0.723. The fraction of sp³-hybridized carbons (Fsp3) is 0.188. The lowest BCUT2D eigenvalue weighted by Gasteiger charge is -2.19. The van der Waals surface area contributed by atoms with E-state index in [2.05, 4.69) is 10.6 Å². The topological polar surface area (TPSA) is 24.1 Å². The van der Waals surface area contributed by atoms with Crippen molar-refractivity contribution in [1.82, 2.24) is 5.32 Å². The van der Waals surface area contributed by atoms with Gasteiger partial charge >= 0.3 is 0 Å². The number of halogens is 1. The van der Waals surface area contributed by atoms with Crippen LogP contribution in [-0.2, 0) is 0 Å². The molecular weight excluding hydrogens is 288 g/mol. The summed E-state index contributed by atoms with van der Waals surface area (Å²) >= 11 is 11.5. The van der Waals surface area contributed by atoms with E-state index in [0.717, 1.165) is 21.8 Å². The third-order valence-electron chi connectivity index (χ3n) is 3.11. The average molecular weight is 305 g/mol. The smallest absolute Gasteiger partial charge is 0.171 e. The summed E-state index contributed by atoms with van der Waals surface area (Å²) in [6.45, 7) is 4.08. The van der Waals surface area contributed by atoms with E-state index in [1.54, 1.807) is 0 Å². The van der Waals surface area contributed by atoms with Crippen molar-refractivity contribution in [2.45, 2.75) is 19.9 Å². The molecule has 20 heavy (non-hydrogen) atoms. The molecule has 0 aliphatic rings. The van der Waals surface area contributed by atoms with E-state index in [-0.39, 0.29) is 6.04 Å². The molecule has 0 aromatic heterocycles. The predicted molar refractivity (Wildman–Crippen MR) is 90.4 cm³/mol. The highest BCUT2D eigenvalue weighted by Gasteiger charge is 2.10. The number of hydrogen-bond donors (Lipinski definition) is 2. The standard InChI is InChI=1S/C16H17ClN2S/c1-11-7-3-6-10-15(11)19-16(20)18-12(2)13-8-4-5-9-14(13)17/h3-10,12H,1-2H3,(H2,18,19,20)/t12-/m0/s1. The maximum absolute atomic E-state index is 6.18. The number of anilines is 1. The second-order valence-electron chi connectivity index (χ2n) is 4.66. The Bertz CT molecular complexity index is 613. The number of hydrogen-bond acceptors (Lipinski definition) is 1. The zero-order valence-corrected chi connectivity index (χ0v) is 13.1. The van der Waals surface area contributed by atoms with Gasteiger partial charge in [-0.2, -0.15) is 0 Å². The molecule has 0 spiro atoms. The molecule has 4 heteroatoms. The lowest BCUT2D eigenvalue weighted by Crippen LogP contribution is -2.31. The van der Waals surface area contributed by atoms with E-state index < -0.39 is 0 Å². The van der Waals surface area contributed by atoms with Crippen molar-refractivity contribution in [1.29, 1.82) is 0 Å². The Kier molecular flexibility index (Phi) is 4.99. The van der Waals surface area contributed by atoms with Crippen LogP contribution < -0.4 is 10.6 Å². The Morgan fingerprint density at radius 3 is 2.45 bits per heavy atom. The van der Waals surface area contributed by atoms with Gasteiger partial charge in [0.2, 0.25) is 0 Å². The zero-order chi connectivity index (χ0) is 14.5. The summed E-state index contributed by atoms with van der Waals surface area (Å²) in [4.78, 5) is 0. The molecule has 0 radical (unpaired) electrons. The third kappa shape index (κ3) is 3.71. The van der Waals surface area contributed by atoms with Crippen molar-refractivity contribution >= 4 is 34.6 Å². The minimum Gasteiger partial charge on any atom is -0.356 e. The first-order valence-corrected chi connectivity index (χ1v) is 7.24. The fourth-order valence-electron chi connectivity index (χ4n) is 1.97. The van der Waals surface area contributed by atoms with Crippen LogP contribution in [0.5, 0.6) is 0 Å². The molecule has 1 atom stereocenters. The van der Waals surface area contributed by atoms with E-state index in [1.165, 1.54) is 0 Å². The van der Waals surface area contributed by atoms with Crippen LogP contribution in [0.2, 0.25) is 5.02 Å². The first kappa shape index (κ1) is 14.8. The lowest BCUT2D eigenvalue weighted by atomic mass is 10.1. The van der Waals surface area contributed by atoms with E-state index >= 15 is 0 Å². The minimum absolute atomic E-state index is 0.0488. The Morgan fingerprint density at radius 2 is 1.75 bits per heavy atom. The Labute approximate surface area is 130 Å². The molecular formula is C16H17ClN2S. The van der Waals surface area contributed by atoms with E-state index in [9.17, 15) is 0 Å². The Balaban J connectivity index is 2.02. The number of nitrogens with one attached hydrogen (secondary N) is 2.